The van der Waals surface area contributed by atoms with Crippen LogP contribution in [0.1, 0.15) is 65.2 Å². The van der Waals surface area contributed by atoms with Crippen molar-refractivity contribution in [1.82, 2.24) is 5.32 Å². The lowest BCUT2D eigenvalue weighted by Gasteiger charge is -2.27. The topological polar surface area (TPSA) is 12.0 Å². The molecule has 4 heteroatoms. The number of nitrogens with one attached hydrogen (secondary N) is 1. The molecule has 3 atom stereocenters. The van der Waals surface area contributed by atoms with E-state index in [9.17, 15) is 13.2 Å². The van der Waals surface area contributed by atoms with Crippen LogP contribution in [0.4, 0.5) is 13.2 Å². The second kappa shape index (κ2) is 7.37. The molecule has 3 unspecified atom stereocenters. The first-order valence-corrected chi connectivity index (χ1v) is 7.21. The van der Waals surface area contributed by atoms with E-state index in [-0.39, 0.29) is 12.5 Å². The summed E-state index contributed by atoms with van der Waals surface area (Å²) in [5.74, 6) is 0.651. The molecule has 0 radical (unpaired) electrons. The molecule has 0 heterocycles. The van der Waals surface area contributed by atoms with Crippen molar-refractivity contribution in [3.63, 3.8) is 0 Å². The van der Waals surface area contributed by atoms with Crippen LogP contribution >= 0.6 is 0 Å². The van der Waals surface area contributed by atoms with E-state index in [0.29, 0.717) is 18.4 Å². The van der Waals surface area contributed by atoms with Gasteiger partial charge < -0.3 is 5.32 Å². The van der Waals surface area contributed by atoms with Crippen molar-refractivity contribution in [2.24, 2.45) is 5.92 Å². The summed E-state index contributed by atoms with van der Waals surface area (Å²) in [5, 5.41) is 3.53. The Labute approximate surface area is 109 Å². The first kappa shape index (κ1) is 15.8. The van der Waals surface area contributed by atoms with Crippen molar-refractivity contribution in [3.05, 3.63) is 0 Å². The Bertz CT molecular complexity index is 228. The zero-order valence-corrected chi connectivity index (χ0v) is 11.5. The minimum absolute atomic E-state index is 0.193. The van der Waals surface area contributed by atoms with Crippen LogP contribution in [-0.4, -0.2) is 18.3 Å². The van der Waals surface area contributed by atoms with Crippen molar-refractivity contribution in [2.75, 3.05) is 0 Å². The van der Waals surface area contributed by atoms with Gasteiger partial charge >= 0.3 is 6.18 Å². The highest BCUT2D eigenvalue weighted by atomic mass is 19.4. The molecule has 1 rings (SSSR count). The fourth-order valence-electron chi connectivity index (χ4n) is 2.80. The van der Waals surface area contributed by atoms with Gasteiger partial charge in [0.15, 0.2) is 0 Å². The lowest BCUT2D eigenvalue weighted by Crippen LogP contribution is -2.40. The van der Waals surface area contributed by atoms with Gasteiger partial charge in [0, 0.05) is 18.5 Å². The Kier molecular flexibility index (Phi) is 6.47. The van der Waals surface area contributed by atoms with Gasteiger partial charge in [0.2, 0.25) is 0 Å². The maximum Gasteiger partial charge on any atom is 0.389 e. The number of halogens is 3. The third kappa shape index (κ3) is 6.62. The monoisotopic (exact) mass is 265 g/mol. The molecular weight excluding hydrogens is 239 g/mol. The van der Waals surface area contributed by atoms with Crippen molar-refractivity contribution in [1.29, 1.82) is 0 Å². The molecule has 0 spiro atoms. The molecule has 18 heavy (non-hydrogen) atoms. The number of rotatable bonds is 5. The predicted octanol–water partition coefficient (Wildman–Crippen LogP) is 4.67. The summed E-state index contributed by atoms with van der Waals surface area (Å²) in [4.78, 5) is 0. The molecule has 0 bridgehead atoms. The van der Waals surface area contributed by atoms with Gasteiger partial charge in [-0.1, -0.05) is 26.2 Å². The van der Waals surface area contributed by atoms with E-state index in [1.807, 2.05) is 6.92 Å². The van der Waals surface area contributed by atoms with Crippen molar-refractivity contribution < 1.29 is 13.2 Å². The number of hydrogen-bond acceptors (Lipinski definition) is 1. The normalized spacial score (nSPS) is 27.8. The number of alkyl halides is 3. The summed E-state index contributed by atoms with van der Waals surface area (Å²) in [6.07, 6.45) is 2.44. The zero-order valence-electron chi connectivity index (χ0n) is 11.5. The van der Waals surface area contributed by atoms with Gasteiger partial charge in [0.25, 0.3) is 0 Å². The highest BCUT2D eigenvalue weighted by Crippen LogP contribution is 2.25. The summed E-state index contributed by atoms with van der Waals surface area (Å²) in [7, 11) is 0. The van der Waals surface area contributed by atoms with Crippen LogP contribution in [0.2, 0.25) is 0 Å². The van der Waals surface area contributed by atoms with Crippen LogP contribution in [0.25, 0.3) is 0 Å². The van der Waals surface area contributed by atoms with E-state index in [4.69, 9.17) is 0 Å². The Morgan fingerprint density at radius 3 is 2.50 bits per heavy atom. The quantitative estimate of drug-likeness (QED) is 0.712. The van der Waals surface area contributed by atoms with Crippen molar-refractivity contribution in [2.45, 2.75) is 83.5 Å². The van der Waals surface area contributed by atoms with Crippen LogP contribution in [0.15, 0.2) is 0 Å². The second-order valence-electron chi connectivity index (χ2n) is 5.80. The standard InChI is InChI=1S/C14H26F3N/c1-11-7-4-3-5-9-13(11)18-12(2)8-6-10-14(15,16)17/h11-13,18H,3-10H2,1-2H3. The molecule has 0 amide bonds. The third-order valence-corrected chi connectivity index (χ3v) is 3.96. The maximum atomic E-state index is 12.1. The van der Waals surface area contributed by atoms with Crippen molar-refractivity contribution >= 4 is 0 Å². The third-order valence-electron chi connectivity index (χ3n) is 3.96. The van der Waals surface area contributed by atoms with Crippen LogP contribution in [0.5, 0.6) is 0 Å². The van der Waals surface area contributed by atoms with Gasteiger partial charge in [0.05, 0.1) is 0 Å². The molecule has 0 aromatic rings. The maximum absolute atomic E-state index is 12.1. The summed E-state index contributed by atoms with van der Waals surface area (Å²) in [5.41, 5.74) is 0. The van der Waals surface area contributed by atoms with Crippen LogP contribution in [0, 0.1) is 5.92 Å². The Balaban J connectivity index is 2.23. The van der Waals surface area contributed by atoms with Crippen LogP contribution in [-0.2, 0) is 0 Å². The minimum atomic E-state index is -4.00. The fourth-order valence-corrected chi connectivity index (χ4v) is 2.80. The van der Waals surface area contributed by atoms with Crippen molar-refractivity contribution in [3.8, 4) is 0 Å². The molecule has 1 saturated carbocycles. The lowest BCUT2D eigenvalue weighted by atomic mass is 9.95. The van der Waals surface area contributed by atoms with E-state index in [1.54, 1.807) is 0 Å². The van der Waals surface area contributed by atoms with Crippen LogP contribution < -0.4 is 5.32 Å². The highest BCUT2D eigenvalue weighted by Gasteiger charge is 2.27. The Morgan fingerprint density at radius 1 is 1.17 bits per heavy atom. The van der Waals surface area contributed by atoms with Gasteiger partial charge in [-0.05, 0) is 38.5 Å². The molecule has 1 N–H and O–H groups in total. The molecular formula is C14H26F3N. The molecule has 1 nitrogen and oxygen atoms in total. The van der Waals surface area contributed by atoms with E-state index in [2.05, 4.69) is 12.2 Å². The van der Waals surface area contributed by atoms with E-state index in [1.165, 1.54) is 32.1 Å². The molecule has 1 aliphatic carbocycles. The molecule has 0 aliphatic heterocycles. The van der Waals surface area contributed by atoms with E-state index in [0.717, 1.165) is 0 Å². The van der Waals surface area contributed by atoms with E-state index >= 15 is 0 Å². The minimum Gasteiger partial charge on any atom is -0.311 e. The summed E-state index contributed by atoms with van der Waals surface area (Å²) >= 11 is 0. The smallest absolute Gasteiger partial charge is 0.311 e. The van der Waals surface area contributed by atoms with Gasteiger partial charge in [-0.2, -0.15) is 13.2 Å². The largest absolute Gasteiger partial charge is 0.389 e. The molecule has 0 saturated heterocycles. The zero-order chi connectivity index (χ0) is 13.6. The lowest BCUT2D eigenvalue weighted by molar-refractivity contribution is -0.135. The summed E-state index contributed by atoms with van der Waals surface area (Å²) < 4.78 is 36.2. The first-order chi connectivity index (χ1) is 8.38. The Hall–Kier alpha value is -0.250. The first-order valence-electron chi connectivity index (χ1n) is 7.21. The van der Waals surface area contributed by atoms with Crippen LogP contribution in [0.3, 0.4) is 0 Å². The fraction of sp³-hybridized carbons (Fsp3) is 1.00. The van der Waals surface area contributed by atoms with Gasteiger partial charge in [-0.3, -0.25) is 0 Å². The molecule has 1 aliphatic rings. The second-order valence-corrected chi connectivity index (χ2v) is 5.80. The molecule has 0 aromatic heterocycles. The average Bonchev–Trinajstić information content (AvgIpc) is 2.42. The number of hydrogen-bond donors (Lipinski definition) is 1. The van der Waals surface area contributed by atoms with E-state index < -0.39 is 12.6 Å². The van der Waals surface area contributed by atoms with Gasteiger partial charge in [-0.25, -0.2) is 0 Å². The van der Waals surface area contributed by atoms with Gasteiger partial charge in [0.1, 0.15) is 0 Å². The molecule has 1 fully saturated rings. The average molecular weight is 265 g/mol. The molecule has 108 valence electrons. The molecule has 0 aromatic carbocycles. The predicted molar refractivity (Wildman–Crippen MR) is 68.5 cm³/mol. The Morgan fingerprint density at radius 2 is 1.83 bits per heavy atom. The SMILES string of the molecule is CC(CCCC(F)(F)F)NC1CCCCCC1C. The van der Waals surface area contributed by atoms with Gasteiger partial charge in [-0.15, -0.1) is 0 Å². The summed E-state index contributed by atoms with van der Waals surface area (Å²) in [6, 6.07) is 0.686. The highest BCUT2D eigenvalue weighted by molar-refractivity contribution is 4.79. The summed E-state index contributed by atoms with van der Waals surface area (Å²) in [6.45, 7) is 4.26.